The third kappa shape index (κ3) is 4.20. The number of rotatable bonds is 5. The first-order valence-corrected chi connectivity index (χ1v) is 11.7. The highest BCUT2D eigenvalue weighted by atomic mass is 16.5. The number of benzene rings is 2. The molecule has 34 heavy (non-hydrogen) atoms. The smallest absolute Gasteiger partial charge is 0.332 e. The van der Waals surface area contributed by atoms with Gasteiger partial charge < -0.3 is 19.3 Å². The molecule has 8 nitrogen and oxygen atoms in total. The number of urea groups is 1. The molecule has 0 aromatic heterocycles. The summed E-state index contributed by atoms with van der Waals surface area (Å²) >= 11 is 0. The largest absolute Gasteiger partial charge is 0.483 e. The van der Waals surface area contributed by atoms with E-state index in [-0.39, 0.29) is 42.6 Å². The maximum atomic E-state index is 12.9. The van der Waals surface area contributed by atoms with Crippen LogP contribution in [0.25, 0.3) is 0 Å². The number of nitrogens with zero attached hydrogens (tertiary/aromatic N) is 3. The number of likely N-dealkylation sites (tertiary alicyclic amines) is 1. The van der Waals surface area contributed by atoms with Gasteiger partial charge in [-0.2, -0.15) is 0 Å². The van der Waals surface area contributed by atoms with Crippen LogP contribution in [0, 0.1) is 0 Å². The summed E-state index contributed by atoms with van der Waals surface area (Å²) in [7, 11) is 0. The Hall–Kier alpha value is -3.55. The molecule has 0 N–H and O–H groups in total. The number of para-hydroxylation sites is 2. The summed E-state index contributed by atoms with van der Waals surface area (Å²) in [5.41, 5.74) is 1.40. The van der Waals surface area contributed by atoms with E-state index < -0.39 is 0 Å². The Morgan fingerprint density at radius 3 is 2.53 bits per heavy atom. The van der Waals surface area contributed by atoms with Crippen molar-refractivity contribution >= 4 is 23.5 Å². The van der Waals surface area contributed by atoms with Crippen LogP contribution in [0.2, 0.25) is 0 Å². The predicted molar refractivity (Wildman–Crippen MR) is 126 cm³/mol. The summed E-state index contributed by atoms with van der Waals surface area (Å²) in [6.45, 7) is 5.12. The minimum absolute atomic E-state index is 0.0617. The number of imide groups is 1. The quantitative estimate of drug-likeness (QED) is 0.636. The van der Waals surface area contributed by atoms with Gasteiger partial charge in [0, 0.05) is 31.1 Å². The van der Waals surface area contributed by atoms with Crippen LogP contribution in [0.4, 0.5) is 10.5 Å². The lowest BCUT2D eigenvalue weighted by Crippen LogP contribution is -2.49. The van der Waals surface area contributed by atoms with E-state index in [1.807, 2.05) is 38.1 Å². The summed E-state index contributed by atoms with van der Waals surface area (Å²) < 4.78 is 11.9. The van der Waals surface area contributed by atoms with Crippen molar-refractivity contribution in [2.45, 2.75) is 44.8 Å². The fraction of sp³-hybridized carbons (Fsp3) is 0.423. The van der Waals surface area contributed by atoms with Gasteiger partial charge in [-0.1, -0.05) is 30.3 Å². The topological polar surface area (TPSA) is 79.4 Å². The van der Waals surface area contributed by atoms with Gasteiger partial charge in [0.05, 0.1) is 5.69 Å². The predicted octanol–water partition coefficient (Wildman–Crippen LogP) is 3.24. The van der Waals surface area contributed by atoms with Crippen LogP contribution < -0.4 is 14.4 Å². The molecule has 3 aliphatic heterocycles. The molecule has 3 heterocycles. The minimum atomic E-state index is -0.287. The molecule has 0 saturated carbocycles. The van der Waals surface area contributed by atoms with Crippen LogP contribution in [0.5, 0.6) is 11.5 Å². The van der Waals surface area contributed by atoms with Crippen molar-refractivity contribution in [3.63, 3.8) is 0 Å². The number of anilines is 1. The molecule has 5 rings (SSSR count). The van der Waals surface area contributed by atoms with Crippen LogP contribution in [-0.2, 0) is 16.0 Å². The van der Waals surface area contributed by atoms with Crippen molar-refractivity contribution in [1.82, 2.24) is 9.80 Å². The Kier molecular flexibility index (Phi) is 5.67. The Labute approximate surface area is 199 Å². The number of hydrogen-bond donors (Lipinski definition) is 0. The highest BCUT2D eigenvalue weighted by molar-refractivity contribution is 6.19. The van der Waals surface area contributed by atoms with Gasteiger partial charge >= 0.3 is 6.03 Å². The Morgan fingerprint density at radius 2 is 1.79 bits per heavy atom. The first-order chi connectivity index (χ1) is 16.3. The van der Waals surface area contributed by atoms with Crippen LogP contribution >= 0.6 is 0 Å². The highest BCUT2D eigenvalue weighted by Gasteiger charge is 2.42. The number of hydrogen-bond acceptors (Lipinski definition) is 5. The third-order valence-electron chi connectivity index (χ3n) is 6.67. The number of carbonyl (C=O) groups is 3. The van der Waals surface area contributed by atoms with Gasteiger partial charge in [-0.15, -0.1) is 0 Å². The van der Waals surface area contributed by atoms with Crippen LogP contribution in [-0.4, -0.2) is 65.5 Å². The zero-order valence-electron chi connectivity index (χ0n) is 19.5. The SMILES string of the molecule is CC1(C)Cc2cccc(OCC(=O)N3CCC(N4CC(=O)N(c5ccccc5)C4=O)CC3)c2O1. The van der Waals surface area contributed by atoms with E-state index in [1.165, 1.54) is 4.90 Å². The summed E-state index contributed by atoms with van der Waals surface area (Å²) in [4.78, 5) is 42.9. The number of ether oxygens (including phenoxy) is 2. The van der Waals surface area contributed by atoms with Crippen molar-refractivity contribution in [2.75, 3.05) is 31.1 Å². The van der Waals surface area contributed by atoms with E-state index >= 15 is 0 Å². The summed E-state index contributed by atoms with van der Waals surface area (Å²) in [5, 5.41) is 0. The molecule has 8 heteroatoms. The van der Waals surface area contributed by atoms with Gasteiger partial charge in [-0.25, -0.2) is 9.69 Å². The van der Waals surface area contributed by atoms with E-state index in [1.54, 1.807) is 34.1 Å². The van der Waals surface area contributed by atoms with Crippen molar-refractivity contribution in [2.24, 2.45) is 0 Å². The van der Waals surface area contributed by atoms with Crippen LogP contribution in [0.1, 0.15) is 32.3 Å². The van der Waals surface area contributed by atoms with Gasteiger partial charge in [0.2, 0.25) is 0 Å². The molecule has 0 aliphatic carbocycles. The normalized spacial score (nSPS) is 19.9. The van der Waals surface area contributed by atoms with E-state index in [0.717, 1.165) is 17.7 Å². The lowest BCUT2D eigenvalue weighted by atomic mass is 10.0. The maximum absolute atomic E-state index is 12.9. The Morgan fingerprint density at radius 1 is 1.06 bits per heavy atom. The second-order valence-corrected chi connectivity index (χ2v) is 9.66. The average molecular weight is 464 g/mol. The molecule has 2 aromatic rings. The monoisotopic (exact) mass is 463 g/mol. The average Bonchev–Trinajstić information content (AvgIpc) is 3.31. The number of piperidine rings is 1. The molecule has 4 amide bonds. The van der Waals surface area contributed by atoms with Crippen molar-refractivity contribution in [3.05, 3.63) is 54.1 Å². The molecule has 2 fully saturated rings. The Bertz CT molecular complexity index is 1110. The summed E-state index contributed by atoms with van der Waals surface area (Å²) in [6.07, 6.45) is 2.07. The van der Waals surface area contributed by atoms with Gasteiger partial charge in [-0.05, 0) is 44.9 Å². The number of fused-ring (bicyclic) bond motifs is 1. The lowest BCUT2D eigenvalue weighted by Gasteiger charge is -2.36. The second-order valence-electron chi connectivity index (χ2n) is 9.66. The molecular weight excluding hydrogens is 434 g/mol. The van der Waals surface area contributed by atoms with Crippen LogP contribution in [0.3, 0.4) is 0 Å². The minimum Gasteiger partial charge on any atom is -0.483 e. The highest BCUT2D eigenvalue weighted by Crippen LogP contribution is 2.41. The zero-order chi connectivity index (χ0) is 23.9. The molecule has 2 aromatic carbocycles. The van der Waals surface area contributed by atoms with Crippen LogP contribution in [0.15, 0.2) is 48.5 Å². The third-order valence-corrected chi connectivity index (χ3v) is 6.67. The van der Waals surface area contributed by atoms with E-state index in [4.69, 9.17) is 9.47 Å². The molecule has 0 atom stereocenters. The summed E-state index contributed by atoms with van der Waals surface area (Å²) in [6, 6.07) is 14.4. The first-order valence-electron chi connectivity index (χ1n) is 11.7. The second kappa shape index (κ2) is 8.66. The van der Waals surface area contributed by atoms with Crippen molar-refractivity contribution in [3.8, 4) is 11.5 Å². The van der Waals surface area contributed by atoms with Crippen molar-refractivity contribution in [1.29, 1.82) is 0 Å². The molecule has 0 unspecified atom stereocenters. The molecular formula is C26H29N3O5. The number of amides is 4. The molecule has 0 spiro atoms. The van der Waals surface area contributed by atoms with E-state index in [2.05, 4.69) is 0 Å². The van der Waals surface area contributed by atoms with Gasteiger partial charge in [-0.3, -0.25) is 9.59 Å². The molecule has 2 saturated heterocycles. The van der Waals surface area contributed by atoms with Gasteiger partial charge in [0.1, 0.15) is 12.1 Å². The maximum Gasteiger partial charge on any atom is 0.332 e. The molecule has 3 aliphatic rings. The fourth-order valence-electron chi connectivity index (χ4n) is 4.99. The molecule has 0 bridgehead atoms. The van der Waals surface area contributed by atoms with Crippen molar-refractivity contribution < 1.29 is 23.9 Å². The Balaban J connectivity index is 1.15. The standard InChI is InChI=1S/C26H29N3O5/c1-26(2)15-18-7-6-10-21(24(18)34-26)33-17-23(31)27-13-11-19(12-14-27)28-16-22(30)29(25(28)32)20-8-4-3-5-9-20/h3-10,19H,11-17H2,1-2H3. The number of carbonyl (C=O) groups excluding carboxylic acids is 3. The molecule has 178 valence electrons. The summed E-state index contributed by atoms with van der Waals surface area (Å²) in [5.74, 6) is 1.000. The van der Waals surface area contributed by atoms with E-state index in [9.17, 15) is 14.4 Å². The fourth-order valence-corrected chi connectivity index (χ4v) is 4.99. The lowest BCUT2D eigenvalue weighted by molar-refractivity contribution is -0.135. The zero-order valence-corrected chi connectivity index (χ0v) is 19.5. The van der Waals surface area contributed by atoms with Gasteiger partial charge in [0.15, 0.2) is 18.1 Å². The first kappa shape index (κ1) is 22.3. The van der Waals surface area contributed by atoms with Gasteiger partial charge in [0.25, 0.3) is 11.8 Å². The van der Waals surface area contributed by atoms with E-state index in [0.29, 0.717) is 37.4 Å². The molecule has 0 radical (unpaired) electrons.